The van der Waals surface area contributed by atoms with Crippen LogP contribution < -0.4 is 15.8 Å². The van der Waals surface area contributed by atoms with Crippen LogP contribution in [0.25, 0.3) is 0 Å². The Bertz CT molecular complexity index is 776. The van der Waals surface area contributed by atoms with Crippen molar-refractivity contribution in [3.05, 3.63) is 29.8 Å². The number of ether oxygens (including phenoxy) is 1. The number of rotatable bonds is 8. The molecule has 1 atom stereocenters. The van der Waals surface area contributed by atoms with Crippen molar-refractivity contribution in [3.8, 4) is 0 Å². The number of sulfonamides is 1. The molecule has 9 nitrogen and oxygen atoms in total. The molecule has 0 unspecified atom stereocenters. The van der Waals surface area contributed by atoms with Gasteiger partial charge in [0.2, 0.25) is 10.0 Å². The number of hydrogen-bond acceptors (Lipinski definition) is 6. The first kappa shape index (κ1) is 21.6. The Hall–Kier alpha value is -2.46. The second kappa shape index (κ2) is 9.30. The number of hydrogen-bond donors (Lipinski definition) is 3. The summed E-state index contributed by atoms with van der Waals surface area (Å²) in [5.74, 6) is -2.18. The van der Waals surface area contributed by atoms with Crippen molar-refractivity contribution in [2.45, 2.75) is 38.2 Å². The van der Waals surface area contributed by atoms with E-state index in [9.17, 15) is 22.8 Å². The zero-order valence-electron chi connectivity index (χ0n) is 14.8. The van der Waals surface area contributed by atoms with Crippen LogP contribution in [0.3, 0.4) is 0 Å². The van der Waals surface area contributed by atoms with Crippen LogP contribution in [-0.4, -0.2) is 39.0 Å². The molecule has 0 radical (unpaired) electrons. The molecule has 10 heteroatoms. The summed E-state index contributed by atoms with van der Waals surface area (Å²) < 4.78 is 31.8. The van der Waals surface area contributed by atoms with Gasteiger partial charge in [0.05, 0.1) is 10.5 Å². The molecule has 0 aliphatic heterocycles. The Labute approximate surface area is 152 Å². The zero-order chi connectivity index (χ0) is 19.9. The third-order valence-corrected chi connectivity index (χ3v) is 4.73. The van der Waals surface area contributed by atoms with E-state index in [4.69, 9.17) is 10.5 Å². The minimum atomic E-state index is -3.75. The Morgan fingerprint density at radius 3 is 2.42 bits per heavy atom. The van der Waals surface area contributed by atoms with E-state index in [-0.39, 0.29) is 17.0 Å². The smallest absolute Gasteiger partial charge is 0.338 e. The molecule has 0 fully saturated rings. The molecule has 0 heterocycles. The monoisotopic (exact) mass is 385 g/mol. The van der Waals surface area contributed by atoms with E-state index in [1.54, 1.807) is 13.8 Å². The fraction of sp³-hybridized carbons (Fsp3) is 0.438. The molecular weight excluding hydrogens is 362 g/mol. The molecule has 0 saturated carbocycles. The van der Waals surface area contributed by atoms with Crippen LogP contribution >= 0.6 is 0 Å². The van der Waals surface area contributed by atoms with Crippen LogP contribution in [0.5, 0.6) is 0 Å². The van der Waals surface area contributed by atoms with E-state index in [0.717, 1.165) is 6.07 Å². The summed E-state index contributed by atoms with van der Waals surface area (Å²) in [6, 6.07) is 4.19. The van der Waals surface area contributed by atoms with Crippen LogP contribution in [0.1, 0.15) is 37.6 Å². The Morgan fingerprint density at radius 1 is 1.23 bits per heavy atom. The predicted molar refractivity (Wildman–Crippen MR) is 93.7 cm³/mol. The molecule has 0 spiro atoms. The van der Waals surface area contributed by atoms with Gasteiger partial charge in [-0.3, -0.25) is 10.1 Å². The molecule has 144 valence electrons. The number of amides is 3. The number of carbonyl (C=O) groups is 3. The molecule has 0 aliphatic rings. The van der Waals surface area contributed by atoms with Crippen molar-refractivity contribution in [1.29, 1.82) is 0 Å². The molecule has 1 aromatic carbocycles. The van der Waals surface area contributed by atoms with Crippen molar-refractivity contribution in [2.24, 2.45) is 11.7 Å². The van der Waals surface area contributed by atoms with Crippen molar-refractivity contribution in [1.82, 2.24) is 10.0 Å². The number of nitrogens with one attached hydrogen (secondary N) is 2. The normalized spacial score (nSPS) is 12.5. The van der Waals surface area contributed by atoms with Gasteiger partial charge in [-0.15, -0.1) is 0 Å². The third-order valence-electron chi connectivity index (χ3n) is 3.27. The summed E-state index contributed by atoms with van der Waals surface area (Å²) in [5.41, 5.74) is 4.86. The molecule has 26 heavy (non-hydrogen) atoms. The molecule has 0 bridgehead atoms. The summed E-state index contributed by atoms with van der Waals surface area (Å²) in [5, 5.41) is 1.86. The van der Waals surface area contributed by atoms with Crippen molar-refractivity contribution in [3.63, 3.8) is 0 Å². The van der Waals surface area contributed by atoms with Gasteiger partial charge in [0.1, 0.15) is 0 Å². The molecule has 3 amide bonds. The highest BCUT2D eigenvalue weighted by molar-refractivity contribution is 7.89. The zero-order valence-corrected chi connectivity index (χ0v) is 15.6. The first-order valence-corrected chi connectivity index (χ1v) is 9.47. The maximum absolute atomic E-state index is 12.3. The lowest BCUT2D eigenvalue weighted by molar-refractivity contribution is -0.130. The van der Waals surface area contributed by atoms with E-state index in [1.165, 1.54) is 18.2 Å². The average Bonchev–Trinajstić information content (AvgIpc) is 2.56. The maximum Gasteiger partial charge on any atom is 0.338 e. The van der Waals surface area contributed by atoms with E-state index in [2.05, 4.69) is 4.72 Å². The second-order valence-corrected chi connectivity index (χ2v) is 7.62. The van der Waals surface area contributed by atoms with Crippen molar-refractivity contribution >= 4 is 27.9 Å². The Morgan fingerprint density at radius 2 is 1.88 bits per heavy atom. The molecule has 4 N–H and O–H groups in total. The largest absolute Gasteiger partial charge is 0.448 e. The molecule has 0 aromatic heterocycles. The quantitative estimate of drug-likeness (QED) is 0.563. The van der Waals surface area contributed by atoms with Gasteiger partial charge in [0.25, 0.3) is 5.91 Å². The summed E-state index contributed by atoms with van der Waals surface area (Å²) in [4.78, 5) is 34.9. The van der Waals surface area contributed by atoms with E-state index in [0.29, 0.717) is 6.42 Å². The highest BCUT2D eigenvalue weighted by atomic mass is 32.2. The SMILES string of the molecule is CCCNS(=O)(=O)c1cccc(C(=O)O[C@H](C(=O)NC(N)=O)C(C)C)c1. The van der Waals surface area contributed by atoms with E-state index in [1.807, 2.05) is 12.2 Å². The van der Waals surface area contributed by atoms with Crippen LogP contribution in [-0.2, 0) is 19.6 Å². The average molecular weight is 385 g/mol. The van der Waals surface area contributed by atoms with Crippen molar-refractivity contribution < 1.29 is 27.5 Å². The summed E-state index contributed by atoms with van der Waals surface area (Å²) in [6.45, 7) is 5.32. The number of imide groups is 1. The minimum absolute atomic E-state index is 0.0399. The number of benzene rings is 1. The van der Waals surface area contributed by atoms with E-state index >= 15 is 0 Å². The molecule has 1 aromatic rings. The fourth-order valence-electron chi connectivity index (χ4n) is 1.98. The standard InChI is InChI=1S/C16H23N3O6S/c1-4-8-18-26(23,24)12-7-5-6-11(9-12)15(21)25-13(10(2)3)14(20)19-16(17)22/h5-7,9-10,13,18H,4,8H2,1-3H3,(H3,17,19,20,22)/t13-/m0/s1. The number of primary amides is 1. The van der Waals surface area contributed by atoms with Crippen LogP contribution in [0, 0.1) is 5.92 Å². The molecule has 0 aliphatic carbocycles. The number of nitrogens with two attached hydrogens (primary N) is 1. The number of esters is 1. The van der Waals surface area contributed by atoms with Gasteiger partial charge in [0.15, 0.2) is 6.10 Å². The van der Waals surface area contributed by atoms with Crippen LogP contribution in [0.4, 0.5) is 4.79 Å². The second-order valence-electron chi connectivity index (χ2n) is 5.85. The molecular formula is C16H23N3O6S. The van der Waals surface area contributed by atoms with E-state index < -0.39 is 40.0 Å². The van der Waals surface area contributed by atoms with Gasteiger partial charge >= 0.3 is 12.0 Å². The highest BCUT2D eigenvalue weighted by Crippen LogP contribution is 2.15. The van der Waals surface area contributed by atoms with Gasteiger partial charge in [-0.1, -0.05) is 26.8 Å². The molecule has 0 saturated heterocycles. The molecule has 1 rings (SSSR count). The van der Waals surface area contributed by atoms with Crippen LogP contribution in [0.15, 0.2) is 29.2 Å². The topological polar surface area (TPSA) is 145 Å². The first-order valence-electron chi connectivity index (χ1n) is 7.99. The number of urea groups is 1. The lowest BCUT2D eigenvalue weighted by atomic mass is 10.1. The predicted octanol–water partition coefficient (Wildman–Crippen LogP) is 0.751. The van der Waals surface area contributed by atoms with Gasteiger partial charge in [-0.25, -0.2) is 22.7 Å². The minimum Gasteiger partial charge on any atom is -0.448 e. The van der Waals surface area contributed by atoms with Gasteiger partial charge < -0.3 is 10.5 Å². The van der Waals surface area contributed by atoms with Gasteiger partial charge in [-0.2, -0.15) is 0 Å². The van der Waals surface area contributed by atoms with Crippen LogP contribution in [0.2, 0.25) is 0 Å². The van der Waals surface area contributed by atoms with Gasteiger partial charge in [-0.05, 0) is 30.5 Å². The first-order chi connectivity index (χ1) is 12.1. The van der Waals surface area contributed by atoms with Gasteiger partial charge in [0, 0.05) is 6.54 Å². The fourth-order valence-corrected chi connectivity index (χ4v) is 3.16. The maximum atomic E-state index is 12.3. The summed E-state index contributed by atoms with van der Waals surface area (Å²) in [7, 11) is -3.75. The third kappa shape index (κ3) is 6.12. The highest BCUT2D eigenvalue weighted by Gasteiger charge is 2.28. The summed E-state index contributed by atoms with van der Waals surface area (Å²) in [6.07, 6.45) is -0.639. The lowest BCUT2D eigenvalue weighted by Gasteiger charge is -2.20. The van der Waals surface area contributed by atoms with Crippen molar-refractivity contribution in [2.75, 3.05) is 6.54 Å². The Kier molecular flexibility index (Phi) is 7.72. The number of carbonyl (C=O) groups excluding carboxylic acids is 3. The summed E-state index contributed by atoms with van der Waals surface area (Å²) >= 11 is 0. The Balaban J connectivity index is 3.01. The lowest BCUT2D eigenvalue weighted by Crippen LogP contribution is -2.45.